The number of ether oxygens (including phenoxy) is 1. The predicted octanol–water partition coefficient (Wildman–Crippen LogP) is 4.55. The molecule has 0 saturated heterocycles. The minimum absolute atomic E-state index is 0.131. The van der Waals surface area contributed by atoms with Gasteiger partial charge < -0.3 is 14.6 Å². The highest BCUT2D eigenvalue weighted by Gasteiger charge is 2.28. The summed E-state index contributed by atoms with van der Waals surface area (Å²) in [5.41, 5.74) is 3.73. The van der Waals surface area contributed by atoms with E-state index in [2.05, 4.69) is 4.98 Å². The van der Waals surface area contributed by atoms with Gasteiger partial charge >= 0.3 is 5.97 Å². The molecule has 0 fully saturated rings. The molecule has 0 saturated carbocycles. The van der Waals surface area contributed by atoms with Crippen molar-refractivity contribution < 1.29 is 14.3 Å². The second kappa shape index (κ2) is 7.95. The molecule has 2 heterocycles. The molecule has 1 aliphatic rings. The Morgan fingerprint density at radius 1 is 1.10 bits per heavy atom. The quantitative estimate of drug-likeness (QED) is 0.667. The maximum atomic E-state index is 13.1. The molecule has 5 heteroatoms. The van der Waals surface area contributed by atoms with Crippen molar-refractivity contribution in [3.8, 4) is 0 Å². The molecule has 5 nitrogen and oxygen atoms in total. The van der Waals surface area contributed by atoms with Crippen molar-refractivity contribution in [3.05, 3.63) is 77.6 Å². The number of fused-ring (bicyclic) bond motifs is 3. The molecule has 1 amide bonds. The summed E-state index contributed by atoms with van der Waals surface area (Å²) >= 11 is 0. The first-order valence-electron chi connectivity index (χ1n) is 9.97. The number of para-hydroxylation sites is 1. The van der Waals surface area contributed by atoms with Gasteiger partial charge in [-0.05, 0) is 43.5 Å². The zero-order valence-corrected chi connectivity index (χ0v) is 16.6. The number of amides is 1. The van der Waals surface area contributed by atoms with E-state index in [4.69, 9.17) is 4.74 Å². The zero-order valence-electron chi connectivity index (χ0n) is 16.6. The van der Waals surface area contributed by atoms with Gasteiger partial charge in [-0.1, -0.05) is 43.3 Å². The van der Waals surface area contributed by atoms with Gasteiger partial charge in [0.2, 0.25) is 0 Å². The Hall–Kier alpha value is -3.34. The van der Waals surface area contributed by atoms with Gasteiger partial charge in [0.15, 0.2) is 0 Å². The van der Waals surface area contributed by atoms with Crippen LogP contribution in [0.5, 0.6) is 0 Å². The van der Waals surface area contributed by atoms with E-state index < -0.39 is 5.97 Å². The van der Waals surface area contributed by atoms with Crippen molar-refractivity contribution in [2.45, 2.75) is 32.8 Å². The molecular weight excluding hydrogens is 364 g/mol. The van der Waals surface area contributed by atoms with E-state index >= 15 is 0 Å². The molecule has 0 bridgehead atoms. The minimum Gasteiger partial charge on any atom is -0.459 e. The van der Waals surface area contributed by atoms with Crippen LogP contribution in [0.1, 0.15) is 41.9 Å². The summed E-state index contributed by atoms with van der Waals surface area (Å²) < 4.78 is 5.62. The molecule has 148 valence electrons. The predicted molar refractivity (Wildman–Crippen MR) is 113 cm³/mol. The molecule has 1 N–H and O–H groups in total. The van der Waals surface area contributed by atoms with Crippen molar-refractivity contribution in [2.24, 2.45) is 0 Å². The van der Waals surface area contributed by atoms with Gasteiger partial charge in [0.25, 0.3) is 5.91 Å². The third-order valence-corrected chi connectivity index (χ3v) is 5.36. The van der Waals surface area contributed by atoms with Gasteiger partial charge in [-0.15, -0.1) is 0 Å². The van der Waals surface area contributed by atoms with E-state index in [-0.39, 0.29) is 12.0 Å². The number of nitrogens with one attached hydrogen (secondary N) is 1. The largest absolute Gasteiger partial charge is 0.459 e. The first-order chi connectivity index (χ1) is 14.1. The summed E-state index contributed by atoms with van der Waals surface area (Å²) in [6, 6.07) is 17.1. The summed E-state index contributed by atoms with van der Waals surface area (Å²) in [6.07, 6.45) is 2.82. The number of benzene rings is 2. The number of hydrogen-bond acceptors (Lipinski definition) is 3. The number of rotatable bonds is 4. The zero-order chi connectivity index (χ0) is 20.4. The Morgan fingerprint density at radius 2 is 1.83 bits per heavy atom. The van der Waals surface area contributed by atoms with Crippen molar-refractivity contribution in [3.63, 3.8) is 0 Å². The van der Waals surface area contributed by atoms with Crippen LogP contribution >= 0.6 is 0 Å². The number of carbonyl (C=O) groups excluding carboxylic acids is 2. The third-order valence-electron chi connectivity index (χ3n) is 5.36. The average Bonchev–Trinajstić information content (AvgIpc) is 3.01. The van der Waals surface area contributed by atoms with Crippen molar-refractivity contribution in [1.29, 1.82) is 0 Å². The van der Waals surface area contributed by atoms with Crippen LogP contribution in [0.25, 0.3) is 16.5 Å². The number of aromatic nitrogens is 1. The fraction of sp³-hybridized carbons (Fsp3) is 0.250. The Balaban J connectivity index is 1.79. The molecule has 4 rings (SSSR count). The van der Waals surface area contributed by atoms with E-state index in [1.54, 1.807) is 23.2 Å². The number of esters is 1. The van der Waals surface area contributed by atoms with Gasteiger partial charge in [-0.25, -0.2) is 4.79 Å². The molecule has 1 unspecified atom stereocenters. The van der Waals surface area contributed by atoms with Gasteiger partial charge in [-0.2, -0.15) is 0 Å². The summed E-state index contributed by atoms with van der Waals surface area (Å²) in [6.45, 7) is 4.33. The summed E-state index contributed by atoms with van der Waals surface area (Å²) in [7, 11) is 0. The molecule has 2 aromatic carbocycles. The Morgan fingerprint density at radius 3 is 2.59 bits per heavy atom. The minimum atomic E-state index is -0.417. The number of H-pyrrole nitrogens is 1. The van der Waals surface area contributed by atoms with Crippen LogP contribution in [0.4, 0.5) is 0 Å². The first kappa shape index (κ1) is 19.0. The van der Waals surface area contributed by atoms with Gasteiger partial charge in [0.05, 0.1) is 17.4 Å². The topological polar surface area (TPSA) is 62.4 Å². The monoisotopic (exact) mass is 388 g/mol. The summed E-state index contributed by atoms with van der Waals surface area (Å²) in [5.74, 6) is -0.547. The Bertz CT molecular complexity index is 1080. The van der Waals surface area contributed by atoms with E-state index in [0.29, 0.717) is 24.1 Å². The standard InChI is InChI=1S/C24H24N2O3/c1-3-16(2)29-24(28)20-15-26(23(27)17-9-5-4-6-10-17)14-13-19-18-11-7-8-12-21(18)25-22(19)20/h4-12,15-16,25H,3,13-14H2,1-2H3. The highest BCUT2D eigenvalue weighted by molar-refractivity contribution is 6.18. The lowest BCUT2D eigenvalue weighted by Crippen LogP contribution is -2.28. The normalized spacial score (nSPS) is 14.7. The lowest BCUT2D eigenvalue weighted by atomic mass is 10.0. The summed E-state index contributed by atoms with van der Waals surface area (Å²) in [5, 5.41) is 1.07. The maximum absolute atomic E-state index is 13.1. The smallest absolute Gasteiger partial charge is 0.342 e. The van der Waals surface area contributed by atoms with Crippen molar-refractivity contribution >= 4 is 28.4 Å². The fourth-order valence-corrected chi connectivity index (χ4v) is 3.60. The molecule has 0 spiro atoms. The lowest BCUT2D eigenvalue weighted by molar-refractivity contribution is -0.141. The molecule has 1 aliphatic heterocycles. The number of aromatic amines is 1. The maximum Gasteiger partial charge on any atom is 0.342 e. The second-order valence-corrected chi connectivity index (χ2v) is 7.31. The highest BCUT2D eigenvalue weighted by Crippen LogP contribution is 2.32. The fourth-order valence-electron chi connectivity index (χ4n) is 3.60. The molecule has 29 heavy (non-hydrogen) atoms. The van der Waals surface area contributed by atoms with E-state index in [9.17, 15) is 9.59 Å². The van der Waals surface area contributed by atoms with Crippen molar-refractivity contribution in [2.75, 3.05) is 6.54 Å². The van der Waals surface area contributed by atoms with Crippen LogP contribution in [0.3, 0.4) is 0 Å². The van der Waals surface area contributed by atoms with Gasteiger partial charge in [-0.3, -0.25) is 4.79 Å². The van der Waals surface area contributed by atoms with E-state index in [1.807, 2.05) is 56.3 Å². The van der Waals surface area contributed by atoms with E-state index in [1.165, 1.54) is 0 Å². The average molecular weight is 388 g/mol. The van der Waals surface area contributed by atoms with Crippen LogP contribution in [0.15, 0.2) is 60.8 Å². The SMILES string of the molecule is CCC(C)OC(=O)C1=CN(C(=O)c2ccccc2)CCc2c1[nH]c1ccccc21. The van der Waals surface area contributed by atoms with Crippen LogP contribution in [-0.4, -0.2) is 34.4 Å². The van der Waals surface area contributed by atoms with Crippen LogP contribution < -0.4 is 0 Å². The molecule has 0 radical (unpaired) electrons. The van der Waals surface area contributed by atoms with Gasteiger partial charge in [0, 0.05) is 29.2 Å². The molecule has 1 atom stereocenters. The lowest BCUT2D eigenvalue weighted by Gasteiger charge is -2.18. The van der Waals surface area contributed by atoms with Crippen molar-refractivity contribution in [1.82, 2.24) is 9.88 Å². The molecular formula is C24H24N2O3. The molecule has 1 aromatic heterocycles. The first-order valence-corrected chi connectivity index (χ1v) is 9.97. The molecule has 0 aliphatic carbocycles. The number of nitrogens with zero attached hydrogens (tertiary/aromatic N) is 1. The molecule has 3 aromatic rings. The summed E-state index contributed by atoms with van der Waals surface area (Å²) in [4.78, 5) is 31.1. The highest BCUT2D eigenvalue weighted by atomic mass is 16.5. The Labute approximate surface area is 170 Å². The van der Waals surface area contributed by atoms with E-state index in [0.717, 1.165) is 28.6 Å². The third kappa shape index (κ3) is 3.68. The van der Waals surface area contributed by atoms with Crippen LogP contribution in [-0.2, 0) is 16.0 Å². The van der Waals surface area contributed by atoms with Crippen LogP contribution in [0.2, 0.25) is 0 Å². The number of carbonyl (C=O) groups is 2. The number of hydrogen-bond donors (Lipinski definition) is 1. The van der Waals surface area contributed by atoms with Crippen LogP contribution in [0, 0.1) is 0 Å². The van der Waals surface area contributed by atoms with Gasteiger partial charge in [0.1, 0.15) is 0 Å². The second-order valence-electron chi connectivity index (χ2n) is 7.31. The Kier molecular flexibility index (Phi) is 5.21.